The first-order valence-electron chi connectivity index (χ1n) is 11.3. The van der Waals surface area contributed by atoms with Crippen LogP contribution in [0.25, 0.3) is 10.2 Å². The minimum absolute atomic E-state index is 0.0490. The second-order valence-electron chi connectivity index (χ2n) is 8.51. The van der Waals surface area contributed by atoms with E-state index in [-0.39, 0.29) is 49.9 Å². The Morgan fingerprint density at radius 2 is 2.03 bits per heavy atom. The number of hydrogen-bond acceptors (Lipinski definition) is 9. The molecule has 35 heavy (non-hydrogen) atoms. The Bertz CT molecular complexity index is 1340. The Morgan fingerprint density at radius 1 is 1.23 bits per heavy atom. The van der Waals surface area contributed by atoms with Crippen molar-refractivity contribution in [2.75, 3.05) is 24.6 Å². The van der Waals surface area contributed by atoms with Gasteiger partial charge in [0.25, 0.3) is 0 Å². The Labute approximate surface area is 203 Å². The second-order valence-corrected chi connectivity index (χ2v) is 11.7. The molecule has 5 rings (SSSR count). The zero-order valence-electron chi connectivity index (χ0n) is 18.9. The number of anilines is 1. The third-order valence-electron chi connectivity index (χ3n) is 5.81. The van der Waals surface area contributed by atoms with Crippen molar-refractivity contribution < 1.29 is 26.3 Å². The van der Waals surface area contributed by atoms with Crippen LogP contribution in [0.1, 0.15) is 42.7 Å². The van der Waals surface area contributed by atoms with Gasteiger partial charge in [-0.2, -0.15) is 23.1 Å². The smallest absolute Gasteiger partial charge is 0.451 e. The number of nitrogens with one attached hydrogen (secondary N) is 1. The van der Waals surface area contributed by atoms with Crippen LogP contribution < -0.4 is 14.4 Å². The molecule has 0 radical (unpaired) electrons. The van der Waals surface area contributed by atoms with E-state index in [2.05, 4.69) is 31.8 Å². The predicted molar refractivity (Wildman–Crippen MR) is 123 cm³/mol. The minimum atomic E-state index is -4.57. The molecule has 0 spiro atoms. The van der Waals surface area contributed by atoms with Gasteiger partial charge in [0.15, 0.2) is 5.82 Å². The monoisotopic (exact) mass is 531 g/mol. The first-order chi connectivity index (χ1) is 16.7. The van der Waals surface area contributed by atoms with Crippen molar-refractivity contribution in [2.24, 2.45) is 0 Å². The number of aryl methyl sites for hydroxylation is 1. The fourth-order valence-electron chi connectivity index (χ4n) is 3.98. The maximum atomic E-state index is 13.2. The van der Waals surface area contributed by atoms with Crippen LogP contribution in [-0.4, -0.2) is 58.1 Å². The fourth-order valence-corrected chi connectivity index (χ4v) is 6.46. The maximum Gasteiger partial charge on any atom is 0.451 e. The van der Waals surface area contributed by atoms with Crippen LogP contribution in [0.3, 0.4) is 0 Å². The van der Waals surface area contributed by atoms with E-state index in [9.17, 15) is 21.6 Å². The van der Waals surface area contributed by atoms with E-state index in [0.29, 0.717) is 23.5 Å². The molecule has 0 aromatic carbocycles. The van der Waals surface area contributed by atoms with Crippen molar-refractivity contribution in [3.05, 3.63) is 22.6 Å². The maximum absolute atomic E-state index is 13.2. The van der Waals surface area contributed by atoms with Gasteiger partial charge < -0.3 is 14.2 Å². The highest BCUT2D eigenvalue weighted by Gasteiger charge is 2.40. The highest BCUT2D eigenvalue weighted by molar-refractivity contribution is 7.90. The summed E-state index contributed by atoms with van der Waals surface area (Å²) in [7, 11) is -3.31. The predicted octanol–water partition coefficient (Wildman–Crippen LogP) is 2.73. The van der Waals surface area contributed by atoms with Crippen LogP contribution in [0.2, 0.25) is 0 Å². The quantitative estimate of drug-likeness (QED) is 0.419. The van der Waals surface area contributed by atoms with Crippen molar-refractivity contribution >= 4 is 37.4 Å². The van der Waals surface area contributed by atoms with E-state index in [4.69, 9.17) is 4.74 Å². The van der Waals surface area contributed by atoms with Gasteiger partial charge in [-0.3, -0.25) is 0 Å². The highest BCUT2D eigenvalue weighted by Crippen LogP contribution is 2.36. The van der Waals surface area contributed by atoms with Crippen molar-refractivity contribution in [3.8, 4) is 6.01 Å². The molecule has 0 bridgehead atoms. The zero-order valence-corrected chi connectivity index (χ0v) is 20.5. The van der Waals surface area contributed by atoms with Crippen LogP contribution in [0.5, 0.6) is 6.01 Å². The van der Waals surface area contributed by atoms with E-state index < -0.39 is 22.0 Å². The molecule has 1 aliphatic heterocycles. The van der Waals surface area contributed by atoms with Crippen LogP contribution in [0, 0.1) is 0 Å². The standard InChI is InChI=1S/C20H24F3N7O3S2/c1-2-3-12-10-14-16(29-7-8-30-15(11-29)27-28-18(30)20(21,22)23)25-19(26-17(14)34-12)33-9-6-24-35(31,32)13-4-5-13/h10,13,24H,2-9,11H2,1H3. The number of rotatable bonds is 9. The van der Waals surface area contributed by atoms with Gasteiger partial charge in [-0.25, -0.2) is 13.1 Å². The first kappa shape index (κ1) is 24.2. The average molecular weight is 532 g/mol. The number of thiophene rings is 1. The van der Waals surface area contributed by atoms with E-state index in [0.717, 1.165) is 27.7 Å². The number of halogens is 3. The summed E-state index contributed by atoms with van der Waals surface area (Å²) in [5.74, 6) is -0.250. The van der Waals surface area contributed by atoms with Crippen LogP contribution in [0.4, 0.5) is 19.0 Å². The lowest BCUT2D eigenvalue weighted by Crippen LogP contribution is -2.36. The molecule has 15 heteroatoms. The van der Waals surface area contributed by atoms with Crippen molar-refractivity contribution in [1.29, 1.82) is 0 Å². The van der Waals surface area contributed by atoms with Crippen LogP contribution in [-0.2, 0) is 35.7 Å². The molecule has 3 aromatic rings. The van der Waals surface area contributed by atoms with Crippen molar-refractivity contribution in [2.45, 2.75) is 57.1 Å². The molecule has 2 aliphatic rings. The molecule has 4 heterocycles. The lowest BCUT2D eigenvalue weighted by molar-refractivity contribution is -0.147. The second kappa shape index (κ2) is 9.17. The lowest BCUT2D eigenvalue weighted by atomic mass is 10.2. The zero-order chi connectivity index (χ0) is 24.8. The number of alkyl halides is 3. The Balaban J connectivity index is 1.38. The number of ether oxygens (including phenoxy) is 1. The third-order valence-corrected chi connectivity index (χ3v) is 8.85. The fraction of sp³-hybridized carbons (Fsp3) is 0.600. The molecule has 0 atom stereocenters. The number of fused-ring (bicyclic) bond motifs is 2. The first-order valence-corrected chi connectivity index (χ1v) is 13.7. The molecule has 0 amide bonds. The van der Waals surface area contributed by atoms with Gasteiger partial charge in [-0.05, 0) is 25.3 Å². The summed E-state index contributed by atoms with van der Waals surface area (Å²) < 4.78 is 72.9. The summed E-state index contributed by atoms with van der Waals surface area (Å²) in [6, 6.07) is 2.10. The summed E-state index contributed by atoms with van der Waals surface area (Å²) in [4.78, 5) is 12.7. The molecule has 0 saturated heterocycles. The summed E-state index contributed by atoms with van der Waals surface area (Å²) in [5, 5.41) is 7.57. The number of hydrogen-bond donors (Lipinski definition) is 1. The SMILES string of the molecule is CCCc1cc2c(N3CCn4c(nnc4C(F)(F)F)C3)nc(OCCNS(=O)(=O)C3CC3)nc2s1. The molecule has 0 unspecified atom stereocenters. The topological polar surface area (TPSA) is 115 Å². The van der Waals surface area contributed by atoms with E-state index in [1.807, 2.05) is 11.0 Å². The molecule has 1 aliphatic carbocycles. The highest BCUT2D eigenvalue weighted by atomic mass is 32.2. The van der Waals surface area contributed by atoms with Gasteiger partial charge in [-0.1, -0.05) is 13.3 Å². The molecule has 10 nitrogen and oxygen atoms in total. The summed E-state index contributed by atoms with van der Waals surface area (Å²) in [5.41, 5.74) is 0. The van der Waals surface area contributed by atoms with Crippen LogP contribution >= 0.6 is 11.3 Å². The number of sulfonamides is 1. The molecule has 190 valence electrons. The van der Waals surface area contributed by atoms with Gasteiger partial charge >= 0.3 is 12.2 Å². The Morgan fingerprint density at radius 3 is 2.74 bits per heavy atom. The third kappa shape index (κ3) is 5.07. The minimum Gasteiger partial charge on any atom is -0.462 e. The van der Waals surface area contributed by atoms with Gasteiger partial charge in [-0.15, -0.1) is 21.5 Å². The largest absolute Gasteiger partial charge is 0.462 e. The van der Waals surface area contributed by atoms with Gasteiger partial charge in [0.05, 0.1) is 17.2 Å². The van der Waals surface area contributed by atoms with Crippen molar-refractivity contribution in [3.63, 3.8) is 0 Å². The normalized spacial score (nSPS) is 16.6. The Kier molecular flexibility index (Phi) is 6.34. The molecular weight excluding hydrogens is 507 g/mol. The van der Waals surface area contributed by atoms with E-state index >= 15 is 0 Å². The molecule has 1 saturated carbocycles. The molecule has 1 N–H and O–H groups in total. The number of aromatic nitrogens is 5. The summed E-state index contributed by atoms with van der Waals surface area (Å²) in [6.45, 7) is 2.66. The van der Waals surface area contributed by atoms with Gasteiger partial charge in [0.2, 0.25) is 15.8 Å². The Hall–Kier alpha value is -2.52. The summed E-state index contributed by atoms with van der Waals surface area (Å²) >= 11 is 1.51. The van der Waals surface area contributed by atoms with Gasteiger partial charge in [0.1, 0.15) is 17.3 Å². The molecule has 1 fully saturated rings. The van der Waals surface area contributed by atoms with Crippen LogP contribution in [0.15, 0.2) is 6.07 Å². The lowest BCUT2D eigenvalue weighted by Gasteiger charge is -2.29. The van der Waals surface area contributed by atoms with Crippen molar-refractivity contribution in [1.82, 2.24) is 29.5 Å². The van der Waals surface area contributed by atoms with Gasteiger partial charge in [0, 0.05) is 24.5 Å². The average Bonchev–Trinajstić information content (AvgIpc) is 3.45. The van der Waals surface area contributed by atoms with E-state index in [1.54, 1.807) is 0 Å². The molecule has 3 aromatic heterocycles. The van der Waals surface area contributed by atoms with E-state index in [1.165, 1.54) is 11.3 Å². The summed E-state index contributed by atoms with van der Waals surface area (Å²) in [6.07, 6.45) is -1.41. The molecular formula is C20H24F3N7O3S2. The number of nitrogens with zero attached hydrogens (tertiary/aromatic N) is 6.